The van der Waals surface area contributed by atoms with Crippen molar-refractivity contribution >= 4 is 39.8 Å². The highest BCUT2D eigenvalue weighted by Gasteiger charge is 2.36. The molecule has 0 saturated carbocycles. The molecule has 1 aliphatic heterocycles. The molecule has 34 heavy (non-hydrogen) atoms. The highest BCUT2D eigenvalue weighted by Crippen LogP contribution is 2.40. The maximum atomic E-state index is 11.7. The van der Waals surface area contributed by atoms with Crippen LogP contribution in [0.25, 0.3) is 10.9 Å². The van der Waals surface area contributed by atoms with Crippen LogP contribution in [-0.2, 0) is 17.6 Å². The number of likely N-dealkylation sites (tertiary alicyclic amines) is 1. The highest BCUT2D eigenvalue weighted by molar-refractivity contribution is 7.09. The Balaban J connectivity index is 1.36. The fourth-order valence-corrected chi connectivity index (χ4v) is 6.05. The molecule has 1 aliphatic rings. The summed E-state index contributed by atoms with van der Waals surface area (Å²) in [6.07, 6.45) is 10.3. The monoisotopic (exact) mass is 501 g/mol. The SMILES string of the molecule is COc1ccc2ncc(Cl)c(CCCC3(CC(=O)O)CCN(CCCc4nccs4)CC3)c2c1. The minimum absolute atomic E-state index is 0.148. The molecule has 6 nitrogen and oxygen atoms in total. The van der Waals surface area contributed by atoms with Gasteiger partial charge in [0.05, 0.1) is 29.1 Å². The molecule has 0 spiro atoms. The fraction of sp³-hybridized carbons (Fsp3) is 0.500. The average Bonchev–Trinajstić information content (AvgIpc) is 3.35. The molecule has 0 radical (unpaired) electrons. The van der Waals surface area contributed by atoms with Crippen molar-refractivity contribution < 1.29 is 14.6 Å². The Morgan fingerprint density at radius 2 is 2.06 bits per heavy atom. The van der Waals surface area contributed by atoms with Crippen LogP contribution < -0.4 is 4.74 Å². The molecule has 0 unspecified atom stereocenters. The van der Waals surface area contributed by atoms with Crippen molar-refractivity contribution in [2.75, 3.05) is 26.7 Å². The Morgan fingerprint density at radius 3 is 2.76 bits per heavy atom. The van der Waals surface area contributed by atoms with Gasteiger partial charge in [0, 0.05) is 29.6 Å². The first-order valence-corrected chi connectivity index (χ1v) is 13.2. The first kappa shape index (κ1) is 24.9. The number of thiazole rings is 1. The molecule has 0 bridgehead atoms. The third-order valence-corrected chi connectivity index (χ3v) is 8.22. The van der Waals surface area contributed by atoms with Crippen LogP contribution in [0.5, 0.6) is 5.75 Å². The normalized spacial score (nSPS) is 16.1. The van der Waals surface area contributed by atoms with Crippen LogP contribution in [0, 0.1) is 5.41 Å². The summed E-state index contributed by atoms with van der Waals surface area (Å²) >= 11 is 8.25. The van der Waals surface area contributed by atoms with E-state index in [2.05, 4.69) is 14.9 Å². The number of hydrogen-bond donors (Lipinski definition) is 1. The Hall–Kier alpha value is -2.22. The Labute approximate surface area is 209 Å². The van der Waals surface area contributed by atoms with Crippen molar-refractivity contribution in [3.05, 3.63) is 51.6 Å². The molecule has 1 fully saturated rings. The van der Waals surface area contributed by atoms with Gasteiger partial charge in [0.15, 0.2) is 0 Å². The summed E-state index contributed by atoms with van der Waals surface area (Å²) in [6.45, 7) is 2.96. The van der Waals surface area contributed by atoms with E-state index in [9.17, 15) is 9.90 Å². The van der Waals surface area contributed by atoms with Crippen LogP contribution >= 0.6 is 22.9 Å². The number of nitrogens with zero attached hydrogens (tertiary/aromatic N) is 3. The standard InChI is InChI=1S/C26H32ClN3O3S/c1-33-19-6-7-23-21(16-19)20(22(27)18-29-23)4-2-8-26(17-25(31)32)9-13-30(14-10-26)12-3-5-24-28-11-15-34-24/h6-7,11,15-16,18H,2-5,8-10,12-14,17H2,1H3,(H,31,32). The van der Waals surface area contributed by atoms with Crippen molar-refractivity contribution in [1.82, 2.24) is 14.9 Å². The van der Waals surface area contributed by atoms with Gasteiger partial charge in [-0.15, -0.1) is 11.3 Å². The average molecular weight is 502 g/mol. The number of ether oxygens (including phenoxy) is 1. The minimum atomic E-state index is -0.700. The third-order valence-electron chi connectivity index (χ3n) is 7.06. The molecule has 1 N–H and O–H groups in total. The zero-order valence-corrected chi connectivity index (χ0v) is 21.2. The smallest absolute Gasteiger partial charge is 0.303 e. The molecule has 182 valence electrons. The van der Waals surface area contributed by atoms with E-state index in [1.807, 2.05) is 29.8 Å². The molecule has 0 atom stereocenters. The van der Waals surface area contributed by atoms with Crippen LogP contribution in [0.2, 0.25) is 5.02 Å². The van der Waals surface area contributed by atoms with Crippen LogP contribution in [-0.4, -0.2) is 52.7 Å². The topological polar surface area (TPSA) is 75.6 Å². The number of hydrogen-bond acceptors (Lipinski definition) is 6. The molecule has 2 aromatic heterocycles. The number of carbonyl (C=O) groups is 1. The first-order chi connectivity index (χ1) is 16.5. The molecule has 1 aromatic carbocycles. The van der Waals surface area contributed by atoms with Gasteiger partial charge in [-0.1, -0.05) is 11.6 Å². The molecular weight excluding hydrogens is 470 g/mol. The Morgan fingerprint density at radius 1 is 1.24 bits per heavy atom. The Kier molecular flexibility index (Phi) is 8.40. The minimum Gasteiger partial charge on any atom is -0.497 e. The first-order valence-electron chi connectivity index (χ1n) is 11.9. The predicted molar refractivity (Wildman–Crippen MR) is 137 cm³/mol. The second-order valence-corrected chi connectivity index (χ2v) is 10.6. The predicted octanol–water partition coefficient (Wildman–Crippen LogP) is 5.87. The van der Waals surface area contributed by atoms with Crippen molar-refractivity contribution in [3.63, 3.8) is 0 Å². The highest BCUT2D eigenvalue weighted by atomic mass is 35.5. The molecule has 0 amide bonds. The molecular formula is C26H32ClN3O3S. The van der Waals surface area contributed by atoms with Crippen LogP contribution in [0.15, 0.2) is 36.0 Å². The van der Waals surface area contributed by atoms with E-state index in [4.69, 9.17) is 16.3 Å². The molecule has 3 heterocycles. The van der Waals surface area contributed by atoms with E-state index >= 15 is 0 Å². The number of carboxylic acid groups (broad SMARTS) is 1. The number of aliphatic carboxylic acids is 1. The number of pyridine rings is 1. The summed E-state index contributed by atoms with van der Waals surface area (Å²) in [6, 6.07) is 5.84. The Bertz CT molecular complexity index is 1100. The van der Waals surface area contributed by atoms with Crippen molar-refractivity contribution in [1.29, 1.82) is 0 Å². The van der Waals surface area contributed by atoms with E-state index < -0.39 is 5.97 Å². The molecule has 4 rings (SSSR count). The van der Waals surface area contributed by atoms with Gasteiger partial charge in [0.2, 0.25) is 0 Å². The zero-order valence-electron chi connectivity index (χ0n) is 19.6. The lowest BCUT2D eigenvalue weighted by atomic mass is 9.72. The van der Waals surface area contributed by atoms with Gasteiger partial charge >= 0.3 is 5.97 Å². The number of aryl methyl sites for hydroxylation is 2. The van der Waals surface area contributed by atoms with Crippen molar-refractivity contribution in [2.45, 2.75) is 51.4 Å². The van der Waals surface area contributed by atoms with Gasteiger partial charge in [0.1, 0.15) is 5.75 Å². The lowest BCUT2D eigenvalue weighted by molar-refractivity contribution is -0.140. The lowest BCUT2D eigenvalue weighted by Crippen LogP contribution is -2.41. The lowest BCUT2D eigenvalue weighted by Gasteiger charge is -2.41. The molecule has 1 saturated heterocycles. The molecule has 8 heteroatoms. The number of aromatic nitrogens is 2. The molecule has 0 aliphatic carbocycles. The number of benzene rings is 1. The number of rotatable bonds is 11. The van der Waals surface area contributed by atoms with E-state index in [0.29, 0.717) is 5.02 Å². The van der Waals surface area contributed by atoms with Gasteiger partial charge in [-0.2, -0.15) is 0 Å². The summed E-state index contributed by atoms with van der Waals surface area (Å²) in [7, 11) is 1.65. The van der Waals surface area contributed by atoms with Crippen molar-refractivity contribution in [2.24, 2.45) is 5.41 Å². The molecule has 3 aromatic rings. The summed E-state index contributed by atoms with van der Waals surface area (Å²) in [4.78, 5) is 23.0. The maximum absolute atomic E-state index is 11.7. The number of carboxylic acids is 1. The zero-order chi connectivity index (χ0) is 24.0. The summed E-state index contributed by atoms with van der Waals surface area (Å²) in [5.74, 6) is 0.0803. The summed E-state index contributed by atoms with van der Waals surface area (Å²) in [5, 5.41) is 14.5. The van der Waals surface area contributed by atoms with E-state index in [1.165, 1.54) is 5.01 Å². The van der Waals surface area contributed by atoms with E-state index in [0.717, 1.165) is 86.8 Å². The maximum Gasteiger partial charge on any atom is 0.303 e. The third kappa shape index (κ3) is 6.26. The number of methoxy groups -OCH3 is 1. The number of piperidine rings is 1. The summed E-state index contributed by atoms with van der Waals surface area (Å²) < 4.78 is 5.39. The van der Waals surface area contributed by atoms with Gasteiger partial charge in [-0.3, -0.25) is 9.78 Å². The van der Waals surface area contributed by atoms with Gasteiger partial charge in [-0.25, -0.2) is 4.98 Å². The van der Waals surface area contributed by atoms with Gasteiger partial charge < -0.3 is 14.7 Å². The van der Waals surface area contributed by atoms with Gasteiger partial charge in [-0.05, 0) is 87.3 Å². The van der Waals surface area contributed by atoms with Crippen molar-refractivity contribution in [3.8, 4) is 5.75 Å². The fourth-order valence-electron chi connectivity index (χ4n) is 5.14. The second-order valence-electron chi connectivity index (χ2n) is 9.26. The van der Waals surface area contributed by atoms with Crippen LogP contribution in [0.3, 0.4) is 0 Å². The van der Waals surface area contributed by atoms with E-state index in [1.54, 1.807) is 24.6 Å². The number of fused-ring (bicyclic) bond motifs is 1. The van der Waals surface area contributed by atoms with Gasteiger partial charge in [0.25, 0.3) is 0 Å². The second kappa shape index (κ2) is 11.5. The number of halogens is 1. The largest absolute Gasteiger partial charge is 0.497 e. The van der Waals surface area contributed by atoms with E-state index in [-0.39, 0.29) is 11.8 Å². The van der Waals surface area contributed by atoms with Crippen LogP contribution in [0.4, 0.5) is 0 Å². The van der Waals surface area contributed by atoms with Crippen LogP contribution in [0.1, 0.15) is 49.1 Å². The quantitative estimate of drug-likeness (QED) is 0.354. The summed E-state index contributed by atoms with van der Waals surface area (Å²) in [5.41, 5.74) is 1.81.